The van der Waals surface area contributed by atoms with Crippen molar-refractivity contribution in [1.29, 1.82) is 0 Å². The van der Waals surface area contributed by atoms with Crippen LogP contribution in [0.25, 0.3) is 10.9 Å². The van der Waals surface area contributed by atoms with Crippen LogP contribution in [0.3, 0.4) is 0 Å². The van der Waals surface area contributed by atoms with Crippen LogP contribution < -0.4 is 16.0 Å². The third-order valence-corrected chi connectivity index (χ3v) is 6.97. The Morgan fingerprint density at radius 1 is 1.12 bits per heavy atom. The van der Waals surface area contributed by atoms with Crippen molar-refractivity contribution >= 4 is 22.9 Å². The van der Waals surface area contributed by atoms with Gasteiger partial charge < -0.3 is 0 Å². The molecule has 34 heavy (non-hydrogen) atoms. The Morgan fingerprint density at radius 2 is 1.94 bits per heavy atom. The molecule has 0 saturated heterocycles. The number of aryl methyl sites for hydroxylation is 2. The van der Waals surface area contributed by atoms with E-state index in [4.69, 9.17) is 0 Å². The van der Waals surface area contributed by atoms with E-state index in [2.05, 4.69) is 19.8 Å². The normalized spacial score (nSPS) is 14.6. The van der Waals surface area contributed by atoms with Crippen LogP contribution in [0.5, 0.6) is 0 Å². The summed E-state index contributed by atoms with van der Waals surface area (Å²) in [5.41, 5.74) is 1.35. The van der Waals surface area contributed by atoms with Gasteiger partial charge in [0.15, 0.2) is 0 Å². The summed E-state index contributed by atoms with van der Waals surface area (Å²) in [6, 6.07) is 5.34. The van der Waals surface area contributed by atoms with E-state index in [1.54, 1.807) is 48.6 Å². The van der Waals surface area contributed by atoms with Gasteiger partial charge in [-0.3, -0.25) is 33.3 Å². The van der Waals surface area contributed by atoms with Gasteiger partial charge in [-0.05, 0) is 49.9 Å². The van der Waals surface area contributed by atoms with Crippen molar-refractivity contribution < 1.29 is 4.39 Å². The zero-order valence-corrected chi connectivity index (χ0v) is 19.7. The summed E-state index contributed by atoms with van der Waals surface area (Å²) in [5, 5.41) is 4.54. The Hall–Kier alpha value is -3.31. The molecule has 1 aliphatic rings. The first kappa shape index (κ1) is 22.5. The molecule has 0 amide bonds. The summed E-state index contributed by atoms with van der Waals surface area (Å²) in [5.74, 6) is 0. The molecule has 3 heterocycles. The number of alkyl halides is 1. The standard InChI is InChI=1S/C23H24FN7O2S/c1-15-8-26-17(10-25-15)13-30-20-4-3-18(34-28-23(14-24)5-6-23)7-19(20)21(32)31(22(30)33)12-16-9-27-29(2)11-16/h3-4,7-11,28H,5-6,12-14H2,1-2H3. The highest BCUT2D eigenvalue weighted by Crippen LogP contribution is 2.38. The fourth-order valence-electron chi connectivity index (χ4n) is 3.74. The zero-order chi connectivity index (χ0) is 23.9. The number of nitrogens with zero attached hydrogens (tertiary/aromatic N) is 6. The van der Waals surface area contributed by atoms with Crippen LogP contribution in [0.1, 0.15) is 29.8 Å². The molecular formula is C23H24FN7O2S. The summed E-state index contributed by atoms with van der Waals surface area (Å²) < 4.78 is 20.8. The Balaban J connectivity index is 1.60. The Kier molecular flexibility index (Phi) is 5.82. The quantitative estimate of drug-likeness (QED) is 0.385. The summed E-state index contributed by atoms with van der Waals surface area (Å²) in [6.45, 7) is 1.68. The second-order valence-corrected chi connectivity index (χ2v) is 9.61. The predicted molar refractivity (Wildman–Crippen MR) is 128 cm³/mol. The lowest BCUT2D eigenvalue weighted by Gasteiger charge is -2.15. The molecule has 3 aromatic heterocycles. The summed E-state index contributed by atoms with van der Waals surface area (Å²) in [6.07, 6.45) is 8.26. The molecule has 5 rings (SSSR count). The number of fused-ring (bicyclic) bond motifs is 1. The maximum atomic E-state index is 13.5. The van der Waals surface area contributed by atoms with Crippen LogP contribution >= 0.6 is 11.9 Å². The highest BCUT2D eigenvalue weighted by atomic mass is 32.2. The average molecular weight is 482 g/mol. The molecule has 11 heteroatoms. The number of halogens is 1. The number of nitrogens with one attached hydrogen (secondary N) is 1. The van der Waals surface area contributed by atoms with E-state index < -0.39 is 17.9 Å². The fraction of sp³-hybridized carbons (Fsp3) is 0.348. The van der Waals surface area contributed by atoms with Crippen molar-refractivity contribution in [3.63, 3.8) is 0 Å². The van der Waals surface area contributed by atoms with E-state index in [1.165, 1.54) is 21.1 Å². The van der Waals surface area contributed by atoms with Crippen molar-refractivity contribution in [2.45, 2.75) is 43.3 Å². The van der Waals surface area contributed by atoms with E-state index in [1.807, 2.05) is 13.0 Å². The van der Waals surface area contributed by atoms with Gasteiger partial charge in [-0.1, -0.05) is 0 Å². The molecular weight excluding hydrogens is 457 g/mol. The van der Waals surface area contributed by atoms with Crippen molar-refractivity contribution in [3.8, 4) is 0 Å². The molecule has 9 nitrogen and oxygen atoms in total. The highest BCUT2D eigenvalue weighted by molar-refractivity contribution is 7.97. The third kappa shape index (κ3) is 4.40. The Bertz CT molecular complexity index is 1470. The molecule has 0 spiro atoms. The van der Waals surface area contributed by atoms with E-state index in [-0.39, 0.29) is 18.6 Å². The monoisotopic (exact) mass is 481 g/mol. The smallest absolute Gasteiger partial charge is 0.287 e. The molecule has 1 aliphatic carbocycles. The van der Waals surface area contributed by atoms with Gasteiger partial charge in [0.1, 0.15) is 6.67 Å². The van der Waals surface area contributed by atoms with Crippen molar-refractivity contribution in [1.82, 2.24) is 33.6 Å². The molecule has 0 radical (unpaired) electrons. The first-order chi connectivity index (χ1) is 16.4. The first-order valence-corrected chi connectivity index (χ1v) is 11.7. The summed E-state index contributed by atoms with van der Waals surface area (Å²) in [4.78, 5) is 36.3. The molecule has 4 aromatic rings. The zero-order valence-electron chi connectivity index (χ0n) is 18.9. The molecule has 1 N–H and O–H groups in total. The van der Waals surface area contributed by atoms with E-state index in [0.29, 0.717) is 16.6 Å². The molecule has 176 valence electrons. The lowest BCUT2D eigenvalue weighted by Crippen LogP contribution is -2.40. The van der Waals surface area contributed by atoms with Crippen LogP contribution in [0.2, 0.25) is 0 Å². The number of hydrogen-bond donors (Lipinski definition) is 1. The average Bonchev–Trinajstić information content (AvgIpc) is 3.52. The minimum absolute atomic E-state index is 0.0988. The molecule has 1 fully saturated rings. The lowest BCUT2D eigenvalue weighted by atomic mass is 10.2. The van der Waals surface area contributed by atoms with E-state index in [0.717, 1.165) is 29.0 Å². The Labute approximate surface area is 198 Å². The van der Waals surface area contributed by atoms with Crippen LogP contribution in [0.15, 0.2) is 57.5 Å². The summed E-state index contributed by atoms with van der Waals surface area (Å²) in [7, 11) is 1.78. The van der Waals surface area contributed by atoms with Gasteiger partial charge in [0.2, 0.25) is 0 Å². The SMILES string of the molecule is Cc1cnc(Cn2c(=O)n(Cc3cnn(C)c3)c(=O)c3cc(SNC4(CF)CC4)ccc32)cn1. The molecule has 0 bridgehead atoms. The van der Waals surface area contributed by atoms with E-state index in [9.17, 15) is 14.0 Å². The Morgan fingerprint density at radius 3 is 2.59 bits per heavy atom. The lowest BCUT2D eigenvalue weighted by molar-refractivity contribution is 0.402. The van der Waals surface area contributed by atoms with Crippen LogP contribution in [-0.4, -0.2) is 41.1 Å². The third-order valence-electron chi connectivity index (χ3n) is 5.94. The molecule has 0 aliphatic heterocycles. The second kappa shape index (κ2) is 8.80. The van der Waals surface area contributed by atoms with Crippen LogP contribution in [0.4, 0.5) is 4.39 Å². The van der Waals surface area contributed by atoms with Gasteiger partial charge in [-0.25, -0.2) is 9.18 Å². The van der Waals surface area contributed by atoms with Gasteiger partial charge in [-0.2, -0.15) is 5.10 Å². The van der Waals surface area contributed by atoms with Gasteiger partial charge in [-0.15, -0.1) is 0 Å². The van der Waals surface area contributed by atoms with Crippen LogP contribution in [-0.2, 0) is 20.1 Å². The number of rotatable bonds is 8. The topological polar surface area (TPSA) is 99.6 Å². The first-order valence-electron chi connectivity index (χ1n) is 10.9. The number of benzene rings is 1. The highest BCUT2D eigenvalue weighted by Gasteiger charge is 2.42. The van der Waals surface area contributed by atoms with Crippen molar-refractivity contribution in [2.75, 3.05) is 6.67 Å². The molecule has 1 saturated carbocycles. The van der Waals surface area contributed by atoms with Crippen molar-refractivity contribution in [2.24, 2.45) is 7.05 Å². The predicted octanol–water partition coefficient (Wildman–Crippen LogP) is 2.19. The molecule has 0 atom stereocenters. The van der Waals surface area contributed by atoms with Gasteiger partial charge in [0.05, 0.1) is 53.3 Å². The van der Waals surface area contributed by atoms with E-state index >= 15 is 0 Å². The minimum atomic E-state index is -0.469. The molecule has 0 unspecified atom stereocenters. The largest absolute Gasteiger partial charge is 0.332 e. The summed E-state index contributed by atoms with van der Waals surface area (Å²) >= 11 is 1.31. The number of aromatic nitrogens is 6. The maximum absolute atomic E-state index is 13.5. The fourth-order valence-corrected chi connectivity index (χ4v) is 4.64. The number of hydrogen-bond acceptors (Lipinski definition) is 7. The maximum Gasteiger partial charge on any atom is 0.332 e. The van der Waals surface area contributed by atoms with Gasteiger partial charge in [0.25, 0.3) is 5.56 Å². The minimum Gasteiger partial charge on any atom is -0.287 e. The van der Waals surface area contributed by atoms with Crippen LogP contribution in [0, 0.1) is 6.92 Å². The van der Waals surface area contributed by atoms with Gasteiger partial charge in [0, 0.05) is 29.9 Å². The second-order valence-electron chi connectivity index (χ2n) is 8.73. The van der Waals surface area contributed by atoms with Crippen molar-refractivity contribution in [3.05, 3.63) is 80.8 Å². The van der Waals surface area contributed by atoms with Gasteiger partial charge >= 0.3 is 5.69 Å². The molecule has 1 aromatic carbocycles.